The van der Waals surface area contributed by atoms with Gasteiger partial charge >= 0.3 is 0 Å². The van der Waals surface area contributed by atoms with E-state index >= 15 is 0 Å². The van der Waals surface area contributed by atoms with Gasteiger partial charge in [-0.2, -0.15) is 0 Å². The van der Waals surface area contributed by atoms with Gasteiger partial charge in [0.25, 0.3) is 0 Å². The molecule has 0 saturated heterocycles. The van der Waals surface area contributed by atoms with Crippen molar-refractivity contribution in [1.29, 1.82) is 0 Å². The molecule has 0 radical (unpaired) electrons. The zero-order chi connectivity index (χ0) is 15.1. The van der Waals surface area contributed by atoms with Crippen LogP contribution in [0.3, 0.4) is 0 Å². The van der Waals surface area contributed by atoms with Crippen molar-refractivity contribution >= 4 is 22.6 Å². The number of aromatic nitrogens is 3. The van der Waals surface area contributed by atoms with E-state index < -0.39 is 0 Å². The Balaban J connectivity index is 2.23. The molecule has 4 nitrogen and oxygen atoms in total. The van der Waals surface area contributed by atoms with E-state index in [1.807, 2.05) is 25.3 Å². The lowest BCUT2D eigenvalue weighted by Gasteiger charge is -2.17. The standard InChI is InChI=1S/C15H15ClFN3O/c1-8-15(10(3)21-19-8)9(2)20-13-5-4-11(17)6-12(13)18-14(20)7-16/h4-6,9H,7H2,1-3H3. The van der Waals surface area contributed by atoms with E-state index in [9.17, 15) is 4.39 Å². The Kier molecular flexibility index (Phi) is 3.45. The van der Waals surface area contributed by atoms with Crippen LogP contribution in [0.4, 0.5) is 4.39 Å². The largest absolute Gasteiger partial charge is 0.361 e. The first-order valence-corrected chi connectivity index (χ1v) is 7.21. The number of hydrogen-bond donors (Lipinski definition) is 0. The first-order chi connectivity index (χ1) is 10.0. The predicted molar refractivity (Wildman–Crippen MR) is 79.0 cm³/mol. The highest BCUT2D eigenvalue weighted by Crippen LogP contribution is 2.30. The molecule has 0 aliphatic heterocycles. The van der Waals surface area contributed by atoms with Gasteiger partial charge in [0.05, 0.1) is 28.6 Å². The normalized spacial score (nSPS) is 13.0. The van der Waals surface area contributed by atoms with Gasteiger partial charge in [-0.1, -0.05) is 5.16 Å². The van der Waals surface area contributed by atoms with Gasteiger partial charge in [-0.3, -0.25) is 0 Å². The molecule has 21 heavy (non-hydrogen) atoms. The molecule has 110 valence electrons. The molecule has 0 bridgehead atoms. The van der Waals surface area contributed by atoms with Crippen LogP contribution in [0.15, 0.2) is 22.7 Å². The maximum atomic E-state index is 13.4. The number of halogens is 2. The van der Waals surface area contributed by atoms with Crippen LogP contribution in [0.2, 0.25) is 0 Å². The third-order valence-electron chi connectivity index (χ3n) is 3.74. The number of rotatable bonds is 3. The molecule has 0 saturated carbocycles. The highest BCUT2D eigenvalue weighted by Gasteiger charge is 2.22. The fourth-order valence-electron chi connectivity index (χ4n) is 2.86. The Labute approximate surface area is 126 Å². The minimum absolute atomic E-state index is 0.0412. The molecule has 0 N–H and O–H groups in total. The van der Waals surface area contributed by atoms with Gasteiger partial charge in [0, 0.05) is 11.6 Å². The van der Waals surface area contributed by atoms with Crippen molar-refractivity contribution in [3.05, 3.63) is 46.9 Å². The smallest absolute Gasteiger partial charge is 0.139 e. The molecular weight excluding hydrogens is 293 g/mol. The fraction of sp³-hybridized carbons (Fsp3) is 0.333. The Hall–Kier alpha value is -1.88. The van der Waals surface area contributed by atoms with Gasteiger partial charge in [-0.05, 0) is 32.9 Å². The maximum absolute atomic E-state index is 13.4. The number of benzene rings is 1. The summed E-state index contributed by atoms with van der Waals surface area (Å²) in [4.78, 5) is 4.42. The van der Waals surface area contributed by atoms with Gasteiger partial charge in [0.15, 0.2) is 0 Å². The van der Waals surface area contributed by atoms with Gasteiger partial charge in [0.1, 0.15) is 17.4 Å². The minimum Gasteiger partial charge on any atom is -0.361 e. The summed E-state index contributed by atoms with van der Waals surface area (Å²) in [5.74, 6) is 1.41. The summed E-state index contributed by atoms with van der Waals surface area (Å²) in [5.41, 5.74) is 3.29. The highest BCUT2D eigenvalue weighted by molar-refractivity contribution is 6.16. The van der Waals surface area contributed by atoms with Crippen LogP contribution in [-0.2, 0) is 5.88 Å². The summed E-state index contributed by atoms with van der Waals surface area (Å²) >= 11 is 6.01. The van der Waals surface area contributed by atoms with E-state index in [2.05, 4.69) is 10.1 Å². The van der Waals surface area contributed by atoms with Crippen LogP contribution in [0.1, 0.15) is 35.8 Å². The molecule has 0 spiro atoms. The molecule has 2 aromatic heterocycles. The van der Waals surface area contributed by atoms with Gasteiger partial charge in [0.2, 0.25) is 0 Å². The predicted octanol–water partition coefficient (Wildman–Crippen LogP) is 4.13. The SMILES string of the molecule is Cc1noc(C)c1C(C)n1c(CCl)nc2cc(F)ccc21. The van der Waals surface area contributed by atoms with Crippen molar-refractivity contribution in [3.8, 4) is 0 Å². The number of alkyl halides is 1. The average molecular weight is 308 g/mol. The van der Waals surface area contributed by atoms with Crippen molar-refractivity contribution in [1.82, 2.24) is 14.7 Å². The van der Waals surface area contributed by atoms with Crippen molar-refractivity contribution in [3.63, 3.8) is 0 Å². The van der Waals surface area contributed by atoms with E-state index in [0.717, 1.165) is 22.5 Å². The molecule has 0 fully saturated rings. The molecule has 0 aliphatic rings. The molecule has 1 unspecified atom stereocenters. The summed E-state index contributed by atoms with van der Waals surface area (Å²) in [7, 11) is 0. The second-order valence-corrected chi connectivity index (χ2v) is 5.35. The summed E-state index contributed by atoms with van der Waals surface area (Å²) in [6.45, 7) is 5.82. The number of aryl methyl sites for hydroxylation is 2. The van der Waals surface area contributed by atoms with E-state index in [-0.39, 0.29) is 17.7 Å². The Morgan fingerprint density at radius 3 is 2.76 bits per heavy atom. The minimum atomic E-state index is -0.307. The van der Waals surface area contributed by atoms with Gasteiger partial charge in [-0.25, -0.2) is 9.37 Å². The van der Waals surface area contributed by atoms with E-state index in [4.69, 9.17) is 16.1 Å². The molecule has 2 heterocycles. The van der Waals surface area contributed by atoms with Crippen LogP contribution in [-0.4, -0.2) is 14.7 Å². The molecule has 3 rings (SSSR count). The Bertz CT molecular complexity index is 789. The third kappa shape index (κ3) is 2.21. The summed E-state index contributed by atoms with van der Waals surface area (Å²) in [6.07, 6.45) is 0. The average Bonchev–Trinajstić information content (AvgIpc) is 2.98. The second kappa shape index (κ2) is 5.15. The zero-order valence-corrected chi connectivity index (χ0v) is 12.8. The Morgan fingerprint density at radius 1 is 1.38 bits per heavy atom. The quantitative estimate of drug-likeness (QED) is 0.683. The van der Waals surface area contributed by atoms with Crippen LogP contribution >= 0.6 is 11.6 Å². The van der Waals surface area contributed by atoms with E-state index in [1.54, 1.807) is 6.07 Å². The number of fused-ring (bicyclic) bond motifs is 1. The van der Waals surface area contributed by atoms with Crippen LogP contribution in [0, 0.1) is 19.7 Å². The molecule has 0 amide bonds. The molecule has 1 atom stereocenters. The molecular formula is C15H15ClFN3O. The zero-order valence-electron chi connectivity index (χ0n) is 12.0. The lowest BCUT2D eigenvalue weighted by atomic mass is 10.1. The van der Waals surface area contributed by atoms with Crippen LogP contribution in [0.5, 0.6) is 0 Å². The molecule has 6 heteroatoms. The van der Waals surface area contributed by atoms with Crippen molar-refractivity contribution in [2.24, 2.45) is 0 Å². The highest BCUT2D eigenvalue weighted by atomic mass is 35.5. The van der Waals surface area contributed by atoms with E-state index in [0.29, 0.717) is 11.3 Å². The first kappa shape index (κ1) is 14.1. The third-order valence-corrected chi connectivity index (χ3v) is 3.98. The number of hydrogen-bond acceptors (Lipinski definition) is 3. The fourth-order valence-corrected chi connectivity index (χ4v) is 3.05. The second-order valence-electron chi connectivity index (χ2n) is 5.08. The lowest BCUT2D eigenvalue weighted by molar-refractivity contribution is 0.391. The molecule has 1 aromatic carbocycles. The van der Waals surface area contributed by atoms with Gasteiger partial charge < -0.3 is 9.09 Å². The summed E-state index contributed by atoms with van der Waals surface area (Å²) in [6, 6.07) is 4.53. The van der Waals surface area contributed by atoms with Gasteiger partial charge in [-0.15, -0.1) is 11.6 Å². The van der Waals surface area contributed by atoms with Crippen molar-refractivity contribution in [2.75, 3.05) is 0 Å². The monoisotopic (exact) mass is 307 g/mol. The van der Waals surface area contributed by atoms with Crippen molar-refractivity contribution < 1.29 is 8.91 Å². The molecule has 3 aromatic rings. The van der Waals surface area contributed by atoms with E-state index in [1.165, 1.54) is 12.1 Å². The number of imidazole rings is 1. The maximum Gasteiger partial charge on any atom is 0.139 e. The lowest BCUT2D eigenvalue weighted by Crippen LogP contribution is -2.11. The number of nitrogens with zero attached hydrogens (tertiary/aromatic N) is 3. The van der Waals surface area contributed by atoms with Crippen LogP contribution in [0.25, 0.3) is 11.0 Å². The summed E-state index contributed by atoms with van der Waals surface area (Å²) < 4.78 is 20.6. The molecule has 0 aliphatic carbocycles. The summed E-state index contributed by atoms with van der Waals surface area (Å²) in [5, 5.41) is 4.00. The topological polar surface area (TPSA) is 43.9 Å². The Morgan fingerprint density at radius 2 is 2.14 bits per heavy atom. The first-order valence-electron chi connectivity index (χ1n) is 6.68. The van der Waals surface area contributed by atoms with Crippen molar-refractivity contribution in [2.45, 2.75) is 32.7 Å². The van der Waals surface area contributed by atoms with Crippen LogP contribution < -0.4 is 0 Å².